The molecule has 0 amide bonds. The van der Waals surface area contributed by atoms with Crippen molar-refractivity contribution in [1.82, 2.24) is 18.5 Å². The number of fused-ring (bicyclic) bond motifs is 1. The number of nitrogens with one attached hydrogen (secondary N) is 1. The van der Waals surface area contributed by atoms with Crippen molar-refractivity contribution in [3.8, 4) is 0 Å². The second-order valence-electron chi connectivity index (χ2n) is 6.75. The number of aromatic nitrogens is 4. The number of benzene rings is 2. The van der Waals surface area contributed by atoms with Crippen molar-refractivity contribution in [2.45, 2.75) is 25.3 Å². The number of rotatable bonds is 5. The molecule has 0 radical (unpaired) electrons. The third-order valence-electron chi connectivity index (χ3n) is 4.77. The van der Waals surface area contributed by atoms with Gasteiger partial charge >= 0.3 is 0 Å². The summed E-state index contributed by atoms with van der Waals surface area (Å²) in [4.78, 5) is -0.143. The van der Waals surface area contributed by atoms with Gasteiger partial charge < -0.3 is 0 Å². The molecular weight excluding hydrogens is 477 g/mol. The predicted octanol–water partition coefficient (Wildman–Crippen LogP) is 4.05. The lowest BCUT2D eigenvalue weighted by Gasteiger charge is -2.11. The van der Waals surface area contributed by atoms with Crippen LogP contribution in [0.15, 0.2) is 23.1 Å². The molecule has 0 atom stereocenters. The molecule has 1 N–H and O–H groups in total. The highest BCUT2D eigenvalue weighted by atomic mass is 32.2. The normalized spacial score (nSPS) is 12.0. The lowest BCUT2D eigenvalue weighted by molar-refractivity contribution is 0.366. The van der Waals surface area contributed by atoms with Crippen molar-refractivity contribution >= 4 is 38.5 Å². The second-order valence-corrected chi connectivity index (χ2v) is 8.92. The van der Waals surface area contributed by atoms with E-state index >= 15 is 0 Å². The summed E-state index contributed by atoms with van der Waals surface area (Å²) < 4.78 is 106. The molecule has 0 unspecified atom stereocenters. The van der Waals surface area contributed by atoms with Crippen LogP contribution in [0.3, 0.4) is 0 Å². The number of halogens is 5. The molecule has 0 fully saturated rings. The monoisotopic (exact) mass is 489 g/mol. The van der Waals surface area contributed by atoms with Crippen LogP contribution in [0, 0.1) is 42.9 Å². The zero-order valence-electron chi connectivity index (χ0n) is 16.3. The quantitative estimate of drug-likeness (QED) is 0.260. The maximum atomic E-state index is 14.1. The Labute approximate surface area is 181 Å². The van der Waals surface area contributed by atoms with Gasteiger partial charge in [0.25, 0.3) is 10.0 Å². The summed E-state index contributed by atoms with van der Waals surface area (Å²) in [7, 11) is -4.17. The molecule has 0 aliphatic heterocycles. The van der Waals surface area contributed by atoms with E-state index in [4.69, 9.17) is 0 Å². The van der Waals surface area contributed by atoms with Gasteiger partial charge in [-0.05, 0) is 26.0 Å². The minimum Gasteiger partial charge on any atom is -0.276 e. The molecule has 168 valence electrons. The van der Waals surface area contributed by atoms with Gasteiger partial charge in [-0.3, -0.25) is 9.40 Å². The number of anilines is 1. The van der Waals surface area contributed by atoms with E-state index in [2.05, 4.69) is 18.6 Å². The fourth-order valence-corrected chi connectivity index (χ4v) is 5.07. The topological polar surface area (TPSA) is 89.8 Å². The van der Waals surface area contributed by atoms with E-state index in [-0.39, 0.29) is 27.5 Å². The van der Waals surface area contributed by atoms with Crippen LogP contribution in [0.1, 0.15) is 17.0 Å². The van der Waals surface area contributed by atoms with Gasteiger partial charge in [-0.2, -0.15) is 13.8 Å². The van der Waals surface area contributed by atoms with Crippen LogP contribution in [-0.4, -0.2) is 26.9 Å². The van der Waals surface area contributed by atoms with Crippen LogP contribution in [0.25, 0.3) is 11.0 Å². The van der Waals surface area contributed by atoms with E-state index in [1.165, 1.54) is 26.0 Å². The van der Waals surface area contributed by atoms with Crippen molar-refractivity contribution < 1.29 is 30.4 Å². The first-order chi connectivity index (χ1) is 15.0. The van der Waals surface area contributed by atoms with Crippen LogP contribution < -0.4 is 4.72 Å². The second kappa shape index (κ2) is 7.78. The predicted molar refractivity (Wildman–Crippen MR) is 105 cm³/mol. The smallest absolute Gasteiger partial charge is 0.264 e. The van der Waals surface area contributed by atoms with E-state index < -0.39 is 51.2 Å². The largest absolute Gasteiger partial charge is 0.276 e. The zero-order chi connectivity index (χ0) is 23.4. The van der Waals surface area contributed by atoms with Crippen LogP contribution in [0.2, 0.25) is 0 Å². The summed E-state index contributed by atoms with van der Waals surface area (Å²) in [5.74, 6) is -10.4. The van der Waals surface area contributed by atoms with Crippen LogP contribution >= 0.6 is 11.7 Å². The summed E-state index contributed by atoms with van der Waals surface area (Å²) in [5, 5.41) is 3.99. The molecule has 4 aromatic rings. The van der Waals surface area contributed by atoms with E-state index in [0.717, 1.165) is 16.4 Å². The number of hydrogen-bond acceptors (Lipinski definition) is 6. The first-order valence-corrected chi connectivity index (χ1v) is 11.0. The molecule has 32 heavy (non-hydrogen) atoms. The number of sulfonamides is 1. The van der Waals surface area contributed by atoms with Crippen molar-refractivity contribution in [3.05, 3.63) is 64.2 Å². The van der Waals surface area contributed by atoms with E-state index in [1.54, 1.807) is 6.07 Å². The Kier molecular flexibility index (Phi) is 5.36. The molecule has 0 saturated heterocycles. The van der Waals surface area contributed by atoms with E-state index in [0.29, 0.717) is 5.52 Å². The highest BCUT2D eigenvalue weighted by Gasteiger charge is 2.28. The molecule has 2 aromatic heterocycles. The standard InChI is InChI=1S/C18H12F5N5O2S2/c1-7-17(27-32(29,30)11-5-3-4-10-18(11)26-31-25-10)8(2)28(24-7)6-9-12(19)14(21)16(23)15(22)13(9)20/h3-5,27H,6H2,1-2H3. The highest BCUT2D eigenvalue weighted by molar-refractivity contribution is 7.93. The molecular formula is C18H12F5N5O2S2. The summed E-state index contributed by atoms with van der Waals surface area (Å²) in [6.07, 6.45) is 0. The summed E-state index contributed by atoms with van der Waals surface area (Å²) >= 11 is 0.839. The van der Waals surface area contributed by atoms with Gasteiger partial charge in [0.1, 0.15) is 15.9 Å². The van der Waals surface area contributed by atoms with Crippen LogP contribution in [0.4, 0.5) is 27.6 Å². The Bertz CT molecular complexity index is 1450. The summed E-state index contributed by atoms with van der Waals surface area (Å²) in [6.45, 7) is 1.99. The Hall–Kier alpha value is -3.13. The maximum absolute atomic E-state index is 14.1. The molecule has 2 heterocycles. The van der Waals surface area contributed by atoms with Gasteiger partial charge in [-0.15, -0.1) is 0 Å². The Morgan fingerprint density at radius 3 is 2.25 bits per heavy atom. The third kappa shape index (κ3) is 3.48. The van der Waals surface area contributed by atoms with Crippen molar-refractivity contribution in [3.63, 3.8) is 0 Å². The minimum absolute atomic E-state index is 0.00550. The lowest BCUT2D eigenvalue weighted by Crippen LogP contribution is -2.15. The van der Waals surface area contributed by atoms with Crippen LogP contribution in [-0.2, 0) is 16.6 Å². The van der Waals surface area contributed by atoms with Crippen molar-refractivity contribution in [2.24, 2.45) is 0 Å². The first kappa shape index (κ1) is 22.1. The van der Waals surface area contributed by atoms with Gasteiger partial charge in [0.05, 0.1) is 40.9 Å². The molecule has 4 rings (SSSR count). The zero-order valence-corrected chi connectivity index (χ0v) is 17.9. The molecule has 0 aliphatic carbocycles. The molecule has 0 spiro atoms. The maximum Gasteiger partial charge on any atom is 0.264 e. The van der Waals surface area contributed by atoms with E-state index in [1.807, 2.05) is 0 Å². The Morgan fingerprint density at radius 1 is 0.969 bits per heavy atom. The fraction of sp³-hybridized carbons (Fsp3) is 0.167. The molecule has 0 bridgehead atoms. The Balaban J connectivity index is 1.73. The summed E-state index contributed by atoms with van der Waals surface area (Å²) in [6, 6.07) is 4.41. The van der Waals surface area contributed by atoms with Crippen LogP contribution in [0.5, 0.6) is 0 Å². The fourth-order valence-electron chi connectivity index (χ4n) is 3.13. The lowest BCUT2D eigenvalue weighted by atomic mass is 10.1. The molecule has 0 aliphatic rings. The molecule has 2 aromatic carbocycles. The van der Waals surface area contributed by atoms with Gasteiger partial charge in [0, 0.05) is 0 Å². The van der Waals surface area contributed by atoms with E-state index in [9.17, 15) is 30.4 Å². The minimum atomic E-state index is -4.17. The average Bonchev–Trinajstić information content (AvgIpc) is 3.33. The van der Waals surface area contributed by atoms with Crippen molar-refractivity contribution in [2.75, 3.05) is 4.72 Å². The average molecular weight is 489 g/mol. The summed E-state index contributed by atoms with van der Waals surface area (Å²) in [5.41, 5.74) is -0.340. The third-order valence-corrected chi connectivity index (χ3v) is 6.69. The van der Waals surface area contributed by atoms with Crippen molar-refractivity contribution in [1.29, 1.82) is 0 Å². The van der Waals surface area contributed by atoms with Gasteiger partial charge in [-0.1, -0.05) is 6.07 Å². The molecule has 0 saturated carbocycles. The number of hydrogen-bond donors (Lipinski definition) is 1. The first-order valence-electron chi connectivity index (χ1n) is 8.81. The van der Waals surface area contributed by atoms with Gasteiger partial charge in [0.15, 0.2) is 23.3 Å². The SMILES string of the molecule is Cc1nn(Cc2c(F)c(F)c(F)c(F)c2F)c(C)c1NS(=O)(=O)c1cccc2nsnc12. The highest BCUT2D eigenvalue weighted by Crippen LogP contribution is 2.29. The van der Waals surface area contributed by atoms with Gasteiger partial charge in [0.2, 0.25) is 5.82 Å². The Morgan fingerprint density at radius 2 is 1.59 bits per heavy atom. The molecule has 14 heteroatoms. The molecule has 7 nitrogen and oxygen atoms in total. The number of aryl methyl sites for hydroxylation is 1. The van der Waals surface area contributed by atoms with Gasteiger partial charge in [-0.25, -0.2) is 30.4 Å². The number of nitrogens with zero attached hydrogens (tertiary/aromatic N) is 4.